The summed E-state index contributed by atoms with van der Waals surface area (Å²) in [5.74, 6) is -0.0857. The second-order valence-corrected chi connectivity index (χ2v) is 6.67. The van der Waals surface area contributed by atoms with Gasteiger partial charge in [-0.25, -0.2) is 4.39 Å². The first-order chi connectivity index (χ1) is 12.6. The first-order valence-corrected chi connectivity index (χ1v) is 8.98. The second-order valence-electron chi connectivity index (χ2n) is 6.67. The van der Waals surface area contributed by atoms with Gasteiger partial charge in [0, 0.05) is 36.8 Å². The number of hydrogen-bond donors (Lipinski definition) is 1. The van der Waals surface area contributed by atoms with Gasteiger partial charge in [0.15, 0.2) is 0 Å². The van der Waals surface area contributed by atoms with E-state index in [1.54, 1.807) is 18.2 Å². The van der Waals surface area contributed by atoms with Crippen LogP contribution in [0.5, 0.6) is 0 Å². The Bertz CT molecular complexity index is 753. The number of aryl methyl sites for hydroxylation is 1. The fraction of sp³-hybridized carbons (Fsp3) is 0.333. The molecule has 136 valence electrons. The molecule has 3 rings (SSSR count). The molecule has 1 amide bonds. The highest BCUT2D eigenvalue weighted by Crippen LogP contribution is 2.18. The average Bonchev–Trinajstić information content (AvgIpc) is 2.67. The maximum Gasteiger partial charge on any atom is 0.222 e. The number of benzene rings is 2. The Morgan fingerprint density at radius 3 is 2.54 bits per heavy atom. The van der Waals surface area contributed by atoms with Crippen LogP contribution in [0, 0.1) is 5.82 Å². The first-order valence-electron chi connectivity index (χ1n) is 8.98. The molecule has 0 bridgehead atoms. The van der Waals surface area contributed by atoms with Crippen molar-refractivity contribution in [1.82, 2.24) is 4.90 Å². The van der Waals surface area contributed by atoms with Gasteiger partial charge in [-0.3, -0.25) is 9.59 Å². The van der Waals surface area contributed by atoms with Crippen LogP contribution >= 0.6 is 0 Å². The molecule has 0 aromatic heterocycles. The zero-order chi connectivity index (χ0) is 18.4. The van der Waals surface area contributed by atoms with Gasteiger partial charge in [-0.2, -0.15) is 0 Å². The van der Waals surface area contributed by atoms with Gasteiger partial charge in [-0.05, 0) is 43.0 Å². The molecule has 2 aromatic rings. The number of nitrogens with one attached hydrogen (secondary N) is 1. The van der Waals surface area contributed by atoms with Gasteiger partial charge in [-0.1, -0.05) is 30.3 Å². The highest BCUT2D eigenvalue weighted by Gasteiger charge is 2.22. The minimum atomic E-state index is -0.246. The molecule has 26 heavy (non-hydrogen) atoms. The third-order valence-electron chi connectivity index (χ3n) is 4.79. The quantitative estimate of drug-likeness (QED) is 0.805. The SMILES string of the molecule is O=Cc1ccc(CCC(=O)N2CCC(Nc3cccc(F)c3)CC2)cc1. The van der Waals surface area contributed by atoms with Crippen LogP contribution in [0.25, 0.3) is 0 Å². The Balaban J connectivity index is 1.43. The number of carbonyl (C=O) groups excluding carboxylic acids is 2. The van der Waals surface area contributed by atoms with Crippen molar-refractivity contribution < 1.29 is 14.0 Å². The molecule has 0 saturated carbocycles. The standard InChI is InChI=1S/C21H23FN2O2/c22-18-2-1-3-20(14-18)23-19-10-12-24(13-11-19)21(26)9-8-16-4-6-17(15-25)7-5-16/h1-7,14-15,19,23H,8-13H2. The summed E-state index contributed by atoms with van der Waals surface area (Å²) in [6, 6.07) is 14.1. The molecule has 1 aliphatic heterocycles. The van der Waals surface area contributed by atoms with E-state index < -0.39 is 0 Å². The molecule has 0 atom stereocenters. The molecule has 0 aliphatic carbocycles. The second kappa shape index (κ2) is 8.61. The smallest absolute Gasteiger partial charge is 0.222 e. The first kappa shape index (κ1) is 18.1. The number of likely N-dealkylation sites (tertiary alicyclic amines) is 1. The summed E-state index contributed by atoms with van der Waals surface area (Å²) in [5.41, 5.74) is 2.49. The molecule has 1 heterocycles. The third-order valence-corrected chi connectivity index (χ3v) is 4.79. The van der Waals surface area contributed by atoms with E-state index in [0.717, 1.165) is 43.5 Å². The van der Waals surface area contributed by atoms with Crippen molar-refractivity contribution >= 4 is 17.9 Å². The summed E-state index contributed by atoms with van der Waals surface area (Å²) < 4.78 is 13.2. The lowest BCUT2D eigenvalue weighted by molar-refractivity contribution is -0.132. The molecule has 0 spiro atoms. The number of piperidine rings is 1. The van der Waals surface area contributed by atoms with Crippen LogP contribution in [0.3, 0.4) is 0 Å². The number of carbonyl (C=O) groups is 2. The van der Waals surface area contributed by atoms with E-state index in [9.17, 15) is 14.0 Å². The van der Waals surface area contributed by atoms with Crippen molar-refractivity contribution in [3.05, 3.63) is 65.5 Å². The van der Waals surface area contributed by atoms with Crippen molar-refractivity contribution in [2.75, 3.05) is 18.4 Å². The van der Waals surface area contributed by atoms with Gasteiger partial charge in [0.2, 0.25) is 5.91 Å². The molecule has 0 radical (unpaired) electrons. The number of aldehydes is 1. The lowest BCUT2D eigenvalue weighted by atomic mass is 10.0. The summed E-state index contributed by atoms with van der Waals surface area (Å²) in [6.07, 6.45) is 3.69. The Hall–Kier alpha value is -2.69. The number of amides is 1. The lowest BCUT2D eigenvalue weighted by Crippen LogP contribution is -2.42. The van der Waals surface area contributed by atoms with Crippen molar-refractivity contribution in [3.8, 4) is 0 Å². The van der Waals surface area contributed by atoms with Crippen LogP contribution in [0.4, 0.5) is 10.1 Å². The van der Waals surface area contributed by atoms with Crippen LogP contribution < -0.4 is 5.32 Å². The molecular weight excluding hydrogens is 331 g/mol. The Morgan fingerprint density at radius 2 is 1.88 bits per heavy atom. The van der Waals surface area contributed by atoms with Crippen LogP contribution in [0.1, 0.15) is 35.2 Å². The third kappa shape index (κ3) is 4.91. The van der Waals surface area contributed by atoms with Gasteiger partial charge < -0.3 is 10.2 Å². The summed E-state index contributed by atoms with van der Waals surface area (Å²) in [5, 5.41) is 3.34. The van der Waals surface area contributed by atoms with Gasteiger partial charge in [0.05, 0.1) is 0 Å². The average molecular weight is 354 g/mol. The fourth-order valence-corrected chi connectivity index (χ4v) is 3.26. The van der Waals surface area contributed by atoms with Gasteiger partial charge in [0.25, 0.3) is 0 Å². The van der Waals surface area contributed by atoms with Crippen LogP contribution in [-0.4, -0.2) is 36.2 Å². The predicted molar refractivity (Wildman–Crippen MR) is 99.8 cm³/mol. The number of rotatable bonds is 6. The van der Waals surface area contributed by atoms with E-state index >= 15 is 0 Å². The minimum Gasteiger partial charge on any atom is -0.382 e. The maximum absolute atomic E-state index is 13.2. The van der Waals surface area contributed by atoms with Gasteiger partial charge in [0.1, 0.15) is 12.1 Å². The van der Waals surface area contributed by atoms with Crippen LogP contribution in [-0.2, 0) is 11.2 Å². The predicted octanol–water partition coefficient (Wildman–Crippen LogP) is 3.67. The van der Waals surface area contributed by atoms with Crippen molar-refractivity contribution in [3.63, 3.8) is 0 Å². The minimum absolute atomic E-state index is 0.161. The molecule has 1 saturated heterocycles. The number of halogens is 1. The van der Waals surface area contributed by atoms with Gasteiger partial charge >= 0.3 is 0 Å². The highest BCUT2D eigenvalue weighted by molar-refractivity contribution is 5.77. The molecular formula is C21H23FN2O2. The topological polar surface area (TPSA) is 49.4 Å². The monoisotopic (exact) mass is 354 g/mol. The molecule has 0 unspecified atom stereocenters. The van der Waals surface area contributed by atoms with E-state index in [0.29, 0.717) is 18.4 Å². The Labute approximate surface area is 153 Å². The number of hydrogen-bond acceptors (Lipinski definition) is 3. The molecule has 1 aliphatic rings. The molecule has 1 N–H and O–H groups in total. The molecule has 1 fully saturated rings. The van der Waals surface area contributed by atoms with E-state index in [4.69, 9.17) is 0 Å². The van der Waals surface area contributed by atoms with Crippen molar-refractivity contribution in [2.24, 2.45) is 0 Å². The molecule has 4 nitrogen and oxygen atoms in total. The summed E-state index contributed by atoms with van der Waals surface area (Å²) in [4.78, 5) is 25.0. The van der Waals surface area contributed by atoms with E-state index in [1.807, 2.05) is 23.1 Å². The number of nitrogens with zero attached hydrogens (tertiary/aromatic N) is 1. The molecule has 2 aromatic carbocycles. The summed E-state index contributed by atoms with van der Waals surface area (Å²) in [6.45, 7) is 1.44. The van der Waals surface area contributed by atoms with Crippen LogP contribution in [0.15, 0.2) is 48.5 Å². The van der Waals surface area contributed by atoms with Crippen LogP contribution in [0.2, 0.25) is 0 Å². The molecule has 5 heteroatoms. The Kier molecular flexibility index (Phi) is 6.00. The highest BCUT2D eigenvalue weighted by atomic mass is 19.1. The Morgan fingerprint density at radius 1 is 1.15 bits per heavy atom. The van der Waals surface area contributed by atoms with E-state index in [-0.39, 0.29) is 17.8 Å². The number of anilines is 1. The largest absolute Gasteiger partial charge is 0.382 e. The summed E-state index contributed by atoms with van der Waals surface area (Å²) >= 11 is 0. The van der Waals surface area contributed by atoms with E-state index in [1.165, 1.54) is 12.1 Å². The normalized spacial score (nSPS) is 14.9. The summed E-state index contributed by atoms with van der Waals surface area (Å²) in [7, 11) is 0. The fourth-order valence-electron chi connectivity index (χ4n) is 3.26. The lowest BCUT2D eigenvalue weighted by Gasteiger charge is -2.33. The zero-order valence-corrected chi connectivity index (χ0v) is 14.7. The zero-order valence-electron chi connectivity index (χ0n) is 14.7. The van der Waals surface area contributed by atoms with Crippen molar-refractivity contribution in [1.29, 1.82) is 0 Å². The van der Waals surface area contributed by atoms with E-state index in [2.05, 4.69) is 5.32 Å². The maximum atomic E-state index is 13.2. The van der Waals surface area contributed by atoms with Crippen molar-refractivity contribution in [2.45, 2.75) is 31.7 Å². The van der Waals surface area contributed by atoms with Gasteiger partial charge in [-0.15, -0.1) is 0 Å².